The van der Waals surface area contributed by atoms with Crippen LogP contribution in [-0.4, -0.2) is 73.1 Å². The lowest BCUT2D eigenvalue weighted by molar-refractivity contribution is -0.172. The number of hydroxylamine groups is 2. The molecule has 0 aromatic heterocycles. The molecule has 1 saturated carbocycles. The topological polar surface area (TPSA) is 117 Å². The molecule has 0 spiro atoms. The molecule has 1 aliphatic carbocycles. The summed E-state index contributed by atoms with van der Waals surface area (Å²) in [6.45, 7) is 2.98. The van der Waals surface area contributed by atoms with Crippen LogP contribution < -0.4 is 10.6 Å². The predicted octanol–water partition coefficient (Wildman–Crippen LogP) is 5.28. The minimum absolute atomic E-state index is 0.00970. The number of alkyl carbamates (subject to hydrolysis) is 1. The number of carbonyl (C=O) groups is 4. The number of halogens is 1. The third-order valence-electron chi connectivity index (χ3n) is 8.25. The summed E-state index contributed by atoms with van der Waals surface area (Å²) in [5, 5.41) is 7.09. The molecule has 0 heterocycles. The van der Waals surface area contributed by atoms with Crippen molar-refractivity contribution < 1.29 is 28.8 Å². The highest BCUT2D eigenvalue weighted by Gasteiger charge is 2.32. The normalized spacial score (nSPS) is 14.6. The highest BCUT2D eigenvalue weighted by Crippen LogP contribution is 2.27. The van der Waals surface area contributed by atoms with Crippen molar-refractivity contribution in [1.29, 1.82) is 0 Å². The second kappa shape index (κ2) is 19.0. The van der Waals surface area contributed by atoms with E-state index in [2.05, 4.69) is 10.6 Å². The molecule has 4 amide bonds. The molecule has 10 nitrogen and oxygen atoms in total. The molecule has 0 unspecified atom stereocenters. The first kappa shape index (κ1) is 35.8. The van der Waals surface area contributed by atoms with Gasteiger partial charge in [-0.15, -0.1) is 0 Å². The van der Waals surface area contributed by atoms with Crippen molar-refractivity contribution in [2.75, 3.05) is 27.2 Å². The lowest BCUT2D eigenvalue weighted by atomic mass is 9.84. The summed E-state index contributed by atoms with van der Waals surface area (Å²) < 4.78 is 5.40. The van der Waals surface area contributed by atoms with E-state index in [1.54, 1.807) is 29.2 Å². The van der Waals surface area contributed by atoms with Crippen molar-refractivity contribution in [1.82, 2.24) is 20.6 Å². The number of rotatable bonds is 16. The van der Waals surface area contributed by atoms with E-state index in [-0.39, 0.29) is 31.3 Å². The standard InChI is InChI=1S/C34H47ClN4O6/c1-4-39(21-20-25-12-7-5-8-13-25)31(40)19-18-29(33(42)38(2)44-3)36-32(41)30(23-26-14-9-6-10-15-26)37-34(43)45-24-27-16-11-17-28(35)22-27/h5,7-8,11-13,16-17,22,26,29-30H,4,6,9-10,14-15,18-21,23-24H2,1-3H3,(H,36,41)(H,37,43)/t29-,30-/m0/s1. The molecule has 246 valence electrons. The molecule has 2 aromatic carbocycles. The van der Waals surface area contributed by atoms with Crippen LogP contribution in [0.25, 0.3) is 0 Å². The fraction of sp³-hybridized carbons (Fsp3) is 0.529. The van der Waals surface area contributed by atoms with E-state index in [0.717, 1.165) is 42.7 Å². The molecule has 1 fully saturated rings. The van der Waals surface area contributed by atoms with Crippen molar-refractivity contribution in [2.24, 2.45) is 5.92 Å². The van der Waals surface area contributed by atoms with Gasteiger partial charge in [-0.05, 0) is 55.4 Å². The van der Waals surface area contributed by atoms with E-state index in [1.807, 2.05) is 37.3 Å². The number of hydrogen-bond acceptors (Lipinski definition) is 6. The Bertz CT molecular complexity index is 1240. The van der Waals surface area contributed by atoms with Gasteiger partial charge >= 0.3 is 6.09 Å². The van der Waals surface area contributed by atoms with Gasteiger partial charge in [-0.3, -0.25) is 19.2 Å². The van der Waals surface area contributed by atoms with Gasteiger partial charge in [0.25, 0.3) is 5.91 Å². The Hall–Kier alpha value is -3.63. The molecule has 2 N–H and O–H groups in total. The van der Waals surface area contributed by atoms with Gasteiger partial charge in [-0.2, -0.15) is 0 Å². The quantitative estimate of drug-likeness (QED) is 0.241. The molecule has 1 aliphatic rings. The average Bonchev–Trinajstić information content (AvgIpc) is 3.05. The molecule has 0 saturated heterocycles. The molecule has 2 aromatic rings. The SMILES string of the molecule is CCN(CCc1ccccc1)C(=O)CC[C@H](NC(=O)[C@H](CC1CCCCC1)NC(=O)OCc1cccc(Cl)c1)C(=O)N(C)OC. The molecule has 0 bridgehead atoms. The van der Waals surface area contributed by atoms with Crippen molar-refractivity contribution in [3.8, 4) is 0 Å². The Morgan fingerprint density at radius 2 is 1.67 bits per heavy atom. The molecular weight excluding hydrogens is 596 g/mol. The Labute approximate surface area is 271 Å². The summed E-state index contributed by atoms with van der Waals surface area (Å²) in [5.74, 6) is -0.859. The van der Waals surface area contributed by atoms with E-state index < -0.39 is 30.0 Å². The Morgan fingerprint density at radius 3 is 2.33 bits per heavy atom. The van der Waals surface area contributed by atoms with Gasteiger partial charge in [0.1, 0.15) is 18.7 Å². The van der Waals surface area contributed by atoms with Crippen molar-refractivity contribution >= 4 is 35.4 Å². The molecule has 2 atom stereocenters. The minimum Gasteiger partial charge on any atom is -0.445 e. The zero-order valence-electron chi connectivity index (χ0n) is 26.6. The largest absolute Gasteiger partial charge is 0.445 e. The van der Waals surface area contributed by atoms with Crippen LogP contribution in [-0.2, 0) is 37.0 Å². The first-order valence-electron chi connectivity index (χ1n) is 15.8. The summed E-state index contributed by atoms with van der Waals surface area (Å²) in [7, 11) is 2.81. The molecule has 45 heavy (non-hydrogen) atoms. The van der Waals surface area contributed by atoms with Gasteiger partial charge in [-0.25, -0.2) is 9.86 Å². The lowest BCUT2D eigenvalue weighted by Crippen LogP contribution is -2.54. The summed E-state index contributed by atoms with van der Waals surface area (Å²) in [5.41, 5.74) is 1.85. The predicted molar refractivity (Wildman–Crippen MR) is 173 cm³/mol. The summed E-state index contributed by atoms with van der Waals surface area (Å²) in [6, 6.07) is 15.0. The van der Waals surface area contributed by atoms with Gasteiger partial charge in [0.15, 0.2) is 0 Å². The highest BCUT2D eigenvalue weighted by atomic mass is 35.5. The van der Waals surface area contributed by atoms with E-state index in [4.69, 9.17) is 21.2 Å². The number of nitrogens with zero attached hydrogens (tertiary/aromatic N) is 2. The van der Waals surface area contributed by atoms with Gasteiger partial charge < -0.3 is 20.3 Å². The van der Waals surface area contributed by atoms with Crippen LogP contribution in [0.1, 0.15) is 69.4 Å². The zero-order valence-corrected chi connectivity index (χ0v) is 27.4. The Morgan fingerprint density at radius 1 is 0.956 bits per heavy atom. The van der Waals surface area contributed by atoms with Gasteiger partial charge in [0, 0.05) is 31.6 Å². The molecule has 0 radical (unpaired) electrons. The second-order valence-corrected chi connectivity index (χ2v) is 11.9. The number of ether oxygens (including phenoxy) is 1. The molecular formula is C34H47ClN4O6. The maximum Gasteiger partial charge on any atom is 0.408 e. The number of likely N-dealkylation sites (N-methyl/N-ethyl adjacent to an activating group) is 2. The third-order valence-corrected chi connectivity index (χ3v) is 8.49. The van der Waals surface area contributed by atoms with Crippen LogP contribution in [0.3, 0.4) is 0 Å². The van der Waals surface area contributed by atoms with Gasteiger partial charge in [0.05, 0.1) is 7.11 Å². The van der Waals surface area contributed by atoms with Crippen LogP contribution in [0, 0.1) is 5.92 Å². The Kier molecular flexibility index (Phi) is 15.1. The van der Waals surface area contributed by atoms with E-state index >= 15 is 0 Å². The lowest BCUT2D eigenvalue weighted by Gasteiger charge is -2.29. The van der Waals surface area contributed by atoms with Crippen molar-refractivity contribution in [3.05, 3.63) is 70.7 Å². The smallest absolute Gasteiger partial charge is 0.408 e. The van der Waals surface area contributed by atoms with Crippen LogP contribution in [0.2, 0.25) is 5.02 Å². The summed E-state index contributed by atoms with van der Waals surface area (Å²) in [4.78, 5) is 59.8. The zero-order chi connectivity index (χ0) is 32.6. The van der Waals surface area contributed by atoms with Crippen LogP contribution in [0.15, 0.2) is 54.6 Å². The maximum absolute atomic E-state index is 13.7. The number of hydrogen-bond donors (Lipinski definition) is 2. The van der Waals surface area contributed by atoms with E-state index in [0.29, 0.717) is 36.5 Å². The van der Waals surface area contributed by atoms with Gasteiger partial charge in [0.2, 0.25) is 11.8 Å². The summed E-state index contributed by atoms with van der Waals surface area (Å²) in [6.07, 6.45) is 5.73. The van der Waals surface area contributed by atoms with Gasteiger partial charge in [-0.1, -0.05) is 86.2 Å². The van der Waals surface area contributed by atoms with E-state index in [9.17, 15) is 19.2 Å². The van der Waals surface area contributed by atoms with Crippen molar-refractivity contribution in [2.45, 2.75) is 83.4 Å². The number of benzene rings is 2. The second-order valence-electron chi connectivity index (χ2n) is 11.5. The van der Waals surface area contributed by atoms with Crippen LogP contribution in [0.4, 0.5) is 4.79 Å². The fourth-order valence-corrected chi connectivity index (χ4v) is 5.79. The first-order valence-corrected chi connectivity index (χ1v) is 16.2. The molecule has 0 aliphatic heterocycles. The number of amides is 4. The third kappa shape index (κ3) is 12.4. The maximum atomic E-state index is 13.7. The van der Waals surface area contributed by atoms with Crippen LogP contribution in [0.5, 0.6) is 0 Å². The monoisotopic (exact) mass is 642 g/mol. The average molecular weight is 643 g/mol. The summed E-state index contributed by atoms with van der Waals surface area (Å²) >= 11 is 6.04. The van der Waals surface area contributed by atoms with Crippen LogP contribution >= 0.6 is 11.6 Å². The van der Waals surface area contributed by atoms with E-state index in [1.165, 1.54) is 14.2 Å². The Balaban J connectivity index is 1.66. The highest BCUT2D eigenvalue weighted by molar-refractivity contribution is 6.30. The first-order chi connectivity index (χ1) is 21.7. The van der Waals surface area contributed by atoms with Crippen molar-refractivity contribution in [3.63, 3.8) is 0 Å². The molecule has 3 rings (SSSR count). The minimum atomic E-state index is -1.03. The molecule has 11 heteroatoms. The number of carbonyl (C=O) groups excluding carboxylic acids is 4. The fourth-order valence-electron chi connectivity index (χ4n) is 5.58. The number of nitrogens with one attached hydrogen (secondary N) is 2.